The van der Waals surface area contributed by atoms with Gasteiger partial charge in [0, 0.05) is 41.3 Å². The molecule has 220 valence electrons. The monoisotopic (exact) mass is 633 g/mol. The largest absolute Gasteiger partial charge is 0.308 e. The van der Waals surface area contributed by atoms with Gasteiger partial charge in [-0.05, 0) is 69.8 Å². The van der Waals surface area contributed by atoms with Gasteiger partial charge in [-0.3, -0.25) is 0 Å². The minimum Gasteiger partial charge on any atom is -0.308 e. The molecule has 0 aliphatic rings. The van der Waals surface area contributed by atoms with Crippen LogP contribution in [0.1, 0.15) is 0 Å². The number of thiophene rings is 2. The SMILES string of the molecule is c1ccc(-c2ccc3sc4c(-c5ccc(-c6cccc7sc8c9ccccc9n(-c9ccccc9)c8c67)cc5)cccc4c3c2)cc1. The fourth-order valence-electron chi connectivity index (χ4n) is 7.26. The molecule has 3 aromatic heterocycles. The van der Waals surface area contributed by atoms with E-state index in [1.54, 1.807) is 0 Å². The molecule has 3 heteroatoms. The van der Waals surface area contributed by atoms with E-state index in [2.05, 4.69) is 168 Å². The van der Waals surface area contributed by atoms with Gasteiger partial charge < -0.3 is 4.57 Å². The number of hydrogen-bond acceptors (Lipinski definition) is 2. The van der Waals surface area contributed by atoms with Crippen molar-refractivity contribution < 1.29 is 0 Å². The molecule has 0 bridgehead atoms. The van der Waals surface area contributed by atoms with Crippen LogP contribution < -0.4 is 0 Å². The quantitative estimate of drug-likeness (QED) is 0.182. The number of nitrogens with zero attached hydrogens (tertiary/aromatic N) is 1. The Morgan fingerprint density at radius 3 is 1.85 bits per heavy atom. The van der Waals surface area contributed by atoms with Crippen LogP contribution in [-0.4, -0.2) is 4.57 Å². The molecule has 7 aromatic carbocycles. The van der Waals surface area contributed by atoms with Crippen LogP contribution in [-0.2, 0) is 0 Å². The first-order valence-electron chi connectivity index (χ1n) is 15.9. The van der Waals surface area contributed by atoms with Crippen molar-refractivity contribution in [3.8, 4) is 39.1 Å². The lowest BCUT2D eigenvalue weighted by atomic mass is 9.97. The van der Waals surface area contributed by atoms with E-state index in [1.807, 2.05) is 22.7 Å². The summed E-state index contributed by atoms with van der Waals surface area (Å²) in [7, 11) is 0. The van der Waals surface area contributed by atoms with Crippen molar-refractivity contribution in [1.29, 1.82) is 0 Å². The summed E-state index contributed by atoms with van der Waals surface area (Å²) in [6.07, 6.45) is 0. The number of aromatic nitrogens is 1. The lowest BCUT2D eigenvalue weighted by Gasteiger charge is -2.11. The summed E-state index contributed by atoms with van der Waals surface area (Å²) in [4.78, 5) is 0. The van der Waals surface area contributed by atoms with Crippen LogP contribution >= 0.6 is 22.7 Å². The first-order valence-corrected chi connectivity index (χ1v) is 17.6. The molecule has 10 aromatic rings. The zero-order valence-corrected chi connectivity index (χ0v) is 27.0. The molecule has 0 fully saturated rings. The Hall–Kier alpha value is -5.48. The van der Waals surface area contributed by atoms with Gasteiger partial charge in [0.1, 0.15) is 0 Å². The topological polar surface area (TPSA) is 4.93 Å². The van der Waals surface area contributed by atoms with Gasteiger partial charge in [0.15, 0.2) is 0 Å². The van der Waals surface area contributed by atoms with Crippen LogP contribution in [0.15, 0.2) is 164 Å². The Kier molecular flexibility index (Phi) is 5.98. The summed E-state index contributed by atoms with van der Waals surface area (Å²) in [6.45, 7) is 0. The summed E-state index contributed by atoms with van der Waals surface area (Å²) >= 11 is 3.79. The van der Waals surface area contributed by atoms with E-state index in [4.69, 9.17) is 0 Å². The van der Waals surface area contributed by atoms with Gasteiger partial charge >= 0.3 is 0 Å². The van der Waals surface area contributed by atoms with E-state index in [-0.39, 0.29) is 0 Å². The molecule has 47 heavy (non-hydrogen) atoms. The van der Waals surface area contributed by atoms with Crippen molar-refractivity contribution in [3.63, 3.8) is 0 Å². The minimum atomic E-state index is 1.19. The molecule has 0 atom stereocenters. The van der Waals surface area contributed by atoms with E-state index in [9.17, 15) is 0 Å². The summed E-state index contributed by atoms with van der Waals surface area (Å²) < 4.78 is 7.78. The molecular formula is C44H27NS2. The Labute approximate surface area is 280 Å². The van der Waals surface area contributed by atoms with Crippen LogP contribution in [0.3, 0.4) is 0 Å². The normalized spacial score (nSPS) is 11.8. The van der Waals surface area contributed by atoms with E-state index < -0.39 is 0 Å². The third-order valence-corrected chi connectivity index (χ3v) is 11.8. The molecule has 0 saturated heterocycles. The van der Waals surface area contributed by atoms with Crippen LogP contribution in [0.25, 0.3) is 90.4 Å². The van der Waals surface area contributed by atoms with E-state index in [1.165, 1.54) is 90.4 Å². The smallest absolute Gasteiger partial charge is 0.0734 e. The second kappa shape index (κ2) is 10.5. The van der Waals surface area contributed by atoms with Crippen molar-refractivity contribution >= 4 is 74.1 Å². The van der Waals surface area contributed by atoms with Crippen molar-refractivity contribution in [2.24, 2.45) is 0 Å². The third kappa shape index (κ3) is 4.14. The maximum atomic E-state index is 2.45. The average Bonchev–Trinajstić information content (AvgIpc) is 3.81. The van der Waals surface area contributed by atoms with Gasteiger partial charge in [0.25, 0.3) is 0 Å². The van der Waals surface area contributed by atoms with Crippen molar-refractivity contribution in [2.75, 3.05) is 0 Å². The summed E-state index contributed by atoms with van der Waals surface area (Å²) in [5, 5.41) is 5.28. The van der Waals surface area contributed by atoms with E-state index in [0.717, 1.165) is 0 Å². The lowest BCUT2D eigenvalue weighted by molar-refractivity contribution is 1.19. The van der Waals surface area contributed by atoms with Gasteiger partial charge in [-0.1, -0.05) is 127 Å². The van der Waals surface area contributed by atoms with Crippen LogP contribution in [0, 0.1) is 0 Å². The number of rotatable bonds is 4. The third-order valence-electron chi connectivity index (χ3n) is 9.43. The fourth-order valence-corrected chi connectivity index (χ4v) is 9.73. The highest BCUT2D eigenvalue weighted by atomic mass is 32.1. The zero-order chi connectivity index (χ0) is 30.9. The molecule has 0 unspecified atom stereocenters. The van der Waals surface area contributed by atoms with Crippen molar-refractivity contribution in [2.45, 2.75) is 0 Å². The maximum absolute atomic E-state index is 2.45. The molecule has 10 rings (SSSR count). The number of benzene rings is 7. The van der Waals surface area contributed by atoms with Crippen LogP contribution in [0.5, 0.6) is 0 Å². The van der Waals surface area contributed by atoms with E-state index in [0.29, 0.717) is 0 Å². The lowest BCUT2D eigenvalue weighted by Crippen LogP contribution is -1.93. The highest BCUT2D eigenvalue weighted by Gasteiger charge is 2.20. The maximum Gasteiger partial charge on any atom is 0.0734 e. The molecule has 0 aliphatic heterocycles. The van der Waals surface area contributed by atoms with Gasteiger partial charge in [-0.25, -0.2) is 0 Å². The van der Waals surface area contributed by atoms with Crippen LogP contribution in [0.2, 0.25) is 0 Å². The van der Waals surface area contributed by atoms with E-state index >= 15 is 0 Å². The minimum absolute atomic E-state index is 1.19. The predicted molar refractivity (Wildman–Crippen MR) is 205 cm³/mol. The molecule has 0 amide bonds. The summed E-state index contributed by atoms with van der Waals surface area (Å²) in [5.74, 6) is 0. The first-order chi connectivity index (χ1) is 23.3. The van der Waals surface area contributed by atoms with Gasteiger partial charge in [0.2, 0.25) is 0 Å². The van der Waals surface area contributed by atoms with Gasteiger partial charge in [0.05, 0.1) is 15.7 Å². The fraction of sp³-hybridized carbons (Fsp3) is 0. The van der Waals surface area contributed by atoms with Crippen LogP contribution in [0.4, 0.5) is 0 Å². The Bertz CT molecular complexity index is 2760. The van der Waals surface area contributed by atoms with Crippen molar-refractivity contribution in [3.05, 3.63) is 164 Å². The van der Waals surface area contributed by atoms with Gasteiger partial charge in [-0.15, -0.1) is 22.7 Å². The first kappa shape index (κ1) is 26.7. The second-order valence-electron chi connectivity index (χ2n) is 12.1. The molecule has 0 saturated carbocycles. The Morgan fingerprint density at radius 2 is 1.02 bits per heavy atom. The van der Waals surface area contributed by atoms with Crippen molar-refractivity contribution in [1.82, 2.24) is 4.57 Å². The summed E-state index contributed by atoms with van der Waals surface area (Å²) in [6, 6.07) is 59.9. The predicted octanol–water partition coefficient (Wildman–Crippen LogP) is 13.4. The zero-order valence-electron chi connectivity index (χ0n) is 25.4. The molecule has 0 N–H and O–H groups in total. The molecule has 0 radical (unpaired) electrons. The van der Waals surface area contributed by atoms with Gasteiger partial charge in [-0.2, -0.15) is 0 Å². The highest BCUT2D eigenvalue weighted by Crippen LogP contribution is 2.46. The second-order valence-corrected chi connectivity index (χ2v) is 14.2. The standard InChI is InChI=1S/C44H27NS2/c1-3-11-28(12-4-1)31-25-26-39-37(27-31)35-18-9-17-34(43(35)46-39)30-23-21-29(22-24-30)33-16-10-20-40-41(33)42-44(47-40)36-15-7-8-19-38(36)45(42)32-13-5-2-6-14-32/h1-27H. The number of hydrogen-bond donors (Lipinski definition) is 0. The Morgan fingerprint density at radius 1 is 0.383 bits per heavy atom. The summed E-state index contributed by atoms with van der Waals surface area (Å²) in [5.41, 5.74) is 11.3. The highest BCUT2D eigenvalue weighted by molar-refractivity contribution is 7.27. The Balaban J connectivity index is 1.12. The number of fused-ring (bicyclic) bond motifs is 8. The molecular weight excluding hydrogens is 607 g/mol. The number of para-hydroxylation sites is 2. The average molecular weight is 634 g/mol. The molecule has 1 nitrogen and oxygen atoms in total. The molecule has 3 heterocycles. The molecule has 0 aliphatic carbocycles. The molecule has 0 spiro atoms.